The number of rotatable bonds is 0. The van der Waals surface area contributed by atoms with Crippen molar-refractivity contribution in [2.75, 3.05) is 0 Å². The number of cyclic esters (lactones) is 1. The fourth-order valence-electron chi connectivity index (χ4n) is 4.32. The predicted octanol–water partition coefficient (Wildman–Crippen LogP) is 4.01. The van der Waals surface area contributed by atoms with E-state index in [1.807, 2.05) is 13.8 Å². The summed E-state index contributed by atoms with van der Waals surface area (Å²) in [4.78, 5) is 12.3. The fraction of sp³-hybridized carbons (Fsp3) is 0.941. The average Bonchev–Trinajstić information content (AvgIpc) is 2.37. The van der Waals surface area contributed by atoms with E-state index in [9.17, 15) is 4.79 Å². The van der Waals surface area contributed by atoms with Crippen LogP contribution in [0.15, 0.2) is 0 Å². The van der Waals surface area contributed by atoms with Crippen LogP contribution < -0.4 is 0 Å². The normalized spacial score (nSPS) is 47.2. The topological polar surface area (TPSA) is 35.5 Å². The molecule has 2 bridgehead atoms. The van der Waals surface area contributed by atoms with E-state index in [-0.39, 0.29) is 18.0 Å². The molecule has 1 heterocycles. The molecule has 1 saturated heterocycles. The number of carbonyl (C=O) groups excluding carboxylic acids is 1. The summed E-state index contributed by atoms with van der Waals surface area (Å²) in [6.45, 7) is 10.7. The Morgan fingerprint density at radius 3 is 2.25 bits per heavy atom. The molecule has 0 aromatic rings. The zero-order valence-corrected chi connectivity index (χ0v) is 13.6. The first kappa shape index (κ1) is 15.8. The summed E-state index contributed by atoms with van der Waals surface area (Å²) in [5.41, 5.74) is 0. The number of carbonyl (C=O) groups is 1. The van der Waals surface area contributed by atoms with Crippen LogP contribution in [0.3, 0.4) is 0 Å². The first-order chi connectivity index (χ1) is 9.40. The molecule has 0 aromatic heterocycles. The van der Waals surface area contributed by atoms with Crippen LogP contribution in [0.5, 0.6) is 0 Å². The lowest BCUT2D eigenvalue weighted by molar-refractivity contribution is -0.189. The van der Waals surface area contributed by atoms with Crippen LogP contribution in [0.25, 0.3) is 0 Å². The van der Waals surface area contributed by atoms with Gasteiger partial charge in [-0.15, -0.1) is 0 Å². The Hall–Kier alpha value is -0.570. The molecule has 1 aliphatic carbocycles. The monoisotopic (exact) mass is 282 g/mol. The van der Waals surface area contributed by atoms with Gasteiger partial charge in [0.1, 0.15) is 0 Å². The Morgan fingerprint density at radius 2 is 1.55 bits per heavy atom. The average molecular weight is 282 g/mol. The molecule has 1 saturated carbocycles. The molecule has 6 unspecified atom stereocenters. The second-order valence-electron chi connectivity index (χ2n) is 7.06. The summed E-state index contributed by atoms with van der Waals surface area (Å²) in [6, 6.07) is 0. The van der Waals surface area contributed by atoms with Gasteiger partial charge in [-0.2, -0.15) is 0 Å². The van der Waals surface area contributed by atoms with Gasteiger partial charge in [0.05, 0.1) is 12.0 Å². The number of hydrogen-bond acceptors (Lipinski definition) is 3. The summed E-state index contributed by atoms with van der Waals surface area (Å²) in [5, 5.41) is 0. The minimum absolute atomic E-state index is 0.0144. The molecule has 20 heavy (non-hydrogen) atoms. The Kier molecular flexibility index (Phi) is 5.11. The first-order valence-electron chi connectivity index (χ1n) is 8.26. The Labute approximate surface area is 123 Å². The van der Waals surface area contributed by atoms with Gasteiger partial charge in [-0.3, -0.25) is 4.79 Å². The molecule has 3 heteroatoms. The molecule has 1 aliphatic heterocycles. The van der Waals surface area contributed by atoms with Crippen molar-refractivity contribution in [3.8, 4) is 0 Å². The van der Waals surface area contributed by atoms with Gasteiger partial charge in [0.2, 0.25) is 0 Å². The fourth-order valence-corrected chi connectivity index (χ4v) is 4.32. The van der Waals surface area contributed by atoms with Crippen molar-refractivity contribution in [1.29, 1.82) is 0 Å². The third kappa shape index (κ3) is 3.36. The van der Waals surface area contributed by atoms with Crippen LogP contribution in [0, 0.1) is 29.6 Å². The molecule has 3 nitrogen and oxygen atoms in total. The lowest BCUT2D eigenvalue weighted by Gasteiger charge is -2.42. The first-order valence-corrected chi connectivity index (χ1v) is 8.26. The van der Waals surface area contributed by atoms with Gasteiger partial charge in [0.25, 0.3) is 0 Å². The van der Waals surface area contributed by atoms with E-state index in [1.165, 1.54) is 12.8 Å². The highest BCUT2D eigenvalue weighted by atomic mass is 16.7. The van der Waals surface area contributed by atoms with Gasteiger partial charge < -0.3 is 9.47 Å². The molecule has 7 atom stereocenters. The van der Waals surface area contributed by atoms with Crippen LogP contribution in [0.1, 0.15) is 60.3 Å². The Morgan fingerprint density at radius 1 is 0.900 bits per heavy atom. The molecular formula is C17H30O3. The Balaban J connectivity index is 2.20. The molecule has 2 fully saturated rings. The number of ether oxygens (including phenoxy) is 2. The third-order valence-electron chi connectivity index (χ3n) is 5.66. The second kappa shape index (κ2) is 6.46. The van der Waals surface area contributed by atoms with Crippen LogP contribution >= 0.6 is 0 Å². The number of hydrogen-bond donors (Lipinski definition) is 0. The predicted molar refractivity (Wildman–Crippen MR) is 79.0 cm³/mol. The highest BCUT2D eigenvalue weighted by molar-refractivity contribution is 5.72. The van der Waals surface area contributed by atoms with E-state index >= 15 is 0 Å². The maximum absolute atomic E-state index is 12.3. The molecule has 0 radical (unpaired) electrons. The molecule has 116 valence electrons. The summed E-state index contributed by atoms with van der Waals surface area (Å²) in [7, 11) is 0. The SMILES string of the molecule is CC1CCC2C(C)C(CC[C@H]2C)C(C)C(=O)OC(C)O1. The third-order valence-corrected chi connectivity index (χ3v) is 5.66. The largest absolute Gasteiger partial charge is 0.436 e. The van der Waals surface area contributed by atoms with E-state index in [4.69, 9.17) is 9.47 Å². The standard InChI is InChI=1S/C17H30O3/c1-10-6-8-16-12(3)15(10)9-7-11(2)19-14(5)20-17(18)13(16)4/h10-16H,6-9H2,1-5H3/t10-,11?,12?,13?,14?,15?,16?/m1/s1. The summed E-state index contributed by atoms with van der Waals surface area (Å²) in [6.07, 6.45) is 4.38. The number of esters is 1. The van der Waals surface area contributed by atoms with E-state index < -0.39 is 6.29 Å². The second-order valence-corrected chi connectivity index (χ2v) is 7.06. The van der Waals surface area contributed by atoms with Crippen molar-refractivity contribution >= 4 is 5.97 Å². The van der Waals surface area contributed by atoms with Gasteiger partial charge in [0, 0.05) is 0 Å². The van der Waals surface area contributed by atoms with Crippen molar-refractivity contribution in [2.45, 2.75) is 72.7 Å². The van der Waals surface area contributed by atoms with Crippen molar-refractivity contribution < 1.29 is 14.3 Å². The molecule has 0 N–H and O–H groups in total. The van der Waals surface area contributed by atoms with Crippen LogP contribution in [-0.4, -0.2) is 18.4 Å². The maximum Gasteiger partial charge on any atom is 0.311 e. The highest BCUT2D eigenvalue weighted by Crippen LogP contribution is 2.44. The number of fused-ring (bicyclic) bond motifs is 2. The molecule has 0 amide bonds. The van der Waals surface area contributed by atoms with E-state index in [1.54, 1.807) is 0 Å². The van der Waals surface area contributed by atoms with Crippen LogP contribution in [0.2, 0.25) is 0 Å². The van der Waals surface area contributed by atoms with Crippen LogP contribution in [0.4, 0.5) is 0 Å². The molecular weight excluding hydrogens is 252 g/mol. The minimum atomic E-state index is -0.425. The molecule has 0 spiro atoms. The molecule has 2 rings (SSSR count). The van der Waals surface area contributed by atoms with Gasteiger partial charge in [0.15, 0.2) is 6.29 Å². The maximum atomic E-state index is 12.3. The van der Waals surface area contributed by atoms with E-state index in [0.717, 1.165) is 18.8 Å². The van der Waals surface area contributed by atoms with Crippen molar-refractivity contribution in [1.82, 2.24) is 0 Å². The minimum Gasteiger partial charge on any atom is -0.436 e. The quantitative estimate of drug-likeness (QED) is 0.630. The lowest BCUT2D eigenvalue weighted by Crippen LogP contribution is -2.38. The Bertz CT molecular complexity index is 341. The smallest absolute Gasteiger partial charge is 0.311 e. The van der Waals surface area contributed by atoms with Crippen molar-refractivity contribution in [3.63, 3.8) is 0 Å². The lowest BCUT2D eigenvalue weighted by atomic mass is 9.63. The van der Waals surface area contributed by atoms with Gasteiger partial charge in [-0.05, 0) is 56.8 Å². The molecule has 0 aromatic carbocycles. The van der Waals surface area contributed by atoms with Gasteiger partial charge in [-0.1, -0.05) is 27.2 Å². The van der Waals surface area contributed by atoms with Gasteiger partial charge in [-0.25, -0.2) is 0 Å². The van der Waals surface area contributed by atoms with E-state index in [0.29, 0.717) is 17.8 Å². The summed E-state index contributed by atoms with van der Waals surface area (Å²) in [5.74, 6) is 2.43. The van der Waals surface area contributed by atoms with Crippen molar-refractivity contribution in [2.24, 2.45) is 29.6 Å². The van der Waals surface area contributed by atoms with Crippen molar-refractivity contribution in [3.05, 3.63) is 0 Å². The zero-order valence-electron chi connectivity index (χ0n) is 13.6. The zero-order chi connectivity index (χ0) is 14.9. The van der Waals surface area contributed by atoms with Crippen LogP contribution in [-0.2, 0) is 14.3 Å². The van der Waals surface area contributed by atoms with Gasteiger partial charge >= 0.3 is 5.97 Å². The summed E-state index contributed by atoms with van der Waals surface area (Å²) >= 11 is 0. The summed E-state index contributed by atoms with van der Waals surface area (Å²) < 4.78 is 11.2. The highest BCUT2D eigenvalue weighted by Gasteiger charge is 2.40. The van der Waals surface area contributed by atoms with E-state index in [2.05, 4.69) is 20.8 Å². The molecule has 2 aliphatic rings.